The Labute approximate surface area is 123 Å². The average Bonchev–Trinajstić information content (AvgIpc) is 2.94. The number of nitrogens with zero attached hydrogens (tertiary/aromatic N) is 2. The third kappa shape index (κ3) is 2.77. The third-order valence-corrected chi connectivity index (χ3v) is 3.48. The fourth-order valence-corrected chi connectivity index (χ4v) is 2.54. The van der Waals surface area contributed by atoms with Gasteiger partial charge in [0.1, 0.15) is 17.4 Å². The summed E-state index contributed by atoms with van der Waals surface area (Å²) in [4.78, 5) is 16.8. The van der Waals surface area contributed by atoms with Gasteiger partial charge >= 0.3 is 0 Å². The molecule has 2 aromatic rings. The Hall–Kier alpha value is -1.92. The second-order valence-corrected chi connectivity index (χ2v) is 5.64. The van der Waals surface area contributed by atoms with E-state index in [0.717, 1.165) is 5.65 Å². The summed E-state index contributed by atoms with van der Waals surface area (Å²) in [5.74, 6) is -0.728. The number of pyridine rings is 1. The molecule has 1 atom stereocenters. The molecule has 1 fully saturated rings. The predicted molar refractivity (Wildman–Crippen MR) is 77.2 cm³/mol. The maximum atomic E-state index is 12.4. The van der Waals surface area contributed by atoms with Gasteiger partial charge in [-0.1, -0.05) is 6.07 Å². The monoisotopic (exact) mass is 289 g/mol. The number of nitrogens with one attached hydrogen (secondary N) is 1. The van der Waals surface area contributed by atoms with Crippen molar-refractivity contribution in [2.24, 2.45) is 0 Å². The number of ether oxygens (including phenoxy) is 2. The lowest BCUT2D eigenvalue weighted by Crippen LogP contribution is -2.35. The lowest BCUT2D eigenvalue weighted by atomic mass is 10.3. The van der Waals surface area contributed by atoms with Crippen molar-refractivity contribution in [2.75, 3.05) is 13.2 Å². The minimum Gasteiger partial charge on any atom is -0.348 e. The van der Waals surface area contributed by atoms with Crippen LogP contribution in [-0.2, 0) is 9.47 Å². The fraction of sp³-hybridized carbons (Fsp3) is 0.467. The van der Waals surface area contributed by atoms with Gasteiger partial charge in [0.25, 0.3) is 5.91 Å². The van der Waals surface area contributed by atoms with Gasteiger partial charge in [0.15, 0.2) is 5.79 Å². The summed E-state index contributed by atoms with van der Waals surface area (Å²) in [7, 11) is 0. The van der Waals surface area contributed by atoms with Crippen LogP contribution in [0.3, 0.4) is 0 Å². The van der Waals surface area contributed by atoms with Gasteiger partial charge in [0.2, 0.25) is 0 Å². The van der Waals surface area contributed by atoms with E-state index < -0.39 is 5.79 Å². The predicted octanol–water partition coefficient (Wildman–Crippen LogP) is 1.52. The summed E-state index contributed by atoms with van der Waals surface area (Å²) in [5, 5.41) is 2.89. The van der Waals surface area contributed by atoms with Crippen LogP contribution in [0.1, 0.15) is 30.0 Å². The summed E-state index contributed by atoms with van der Waals surface area (Å²) < 4.78 is 12.9. The molecule has 0 aliphatic carbocycles. The minimum atomic E-state index is -0.575. The second kappa shape index (κ2) is 5.13. The number of carbonyl (C=O) groups excluding carboxylic acids is 1. The first kappa shape index (κ1) is 14.0. The van der Waals surface area contributed by atoms with E-state index in [9.17, 15) is 4.79 Å². The van der Waals surface area contributed by atoms with E-state index >= 15 is 0 Å². The van der Waals surface area contributed by atoms with Crippen molar-refractivity contribution >= 4 is 11.6 Å². The molecule has 0 aromatic carbocycles. The Kier molecular flexibility index (Phi) is 3.43. The summed E-state index contributed by atoms with van der Waals surface area (Å²) >= 11 is 0. The van der Waals surface area contributed by atoms with Crippen molar-refractivity contribution in [1.29, 1.82) is 0 Å². The summed E-state index contributed by atoms with van der Waals surface area (Å²) in [6.45, 7) is 6.47. The molecule has 1 unspecified atom stereocenters. The maximum absolute atomic E-state index is 12.4. The van der Waals surface area contributed by atoms with E-state index in [1.54, 1.807) is 4.40 Å². The number of aryl methyl sites for hydroxylation is 1. The molecule has 3 rings (SSSR count). The van der Waals surface area contributed by atoms with Gasteiger partial charge in [0, 0.05) is 12.7 Å². The number of carbonyl (C=O) groups is 1. The molecule has 0 saturated carbocycles. The van der Waals surface area contributed by atoms with Crippen molar-refractivity contribution in [1.82, 2.24) is 14.7 Å². The van der Waals surface area contributed by atoms with Crippen molar-refractivity contribution in [2.45, 2.75) is 32.7 Å². The largest absolute Gasteiger partial charge is 0.348 e. The molecule has 1 aliphatic rings. The highest BCUT2D eigenvalue weighted by atomic mass is 16.7. The lowest BCUT2D eigenvalue weighted by Gasteiger charge is -2.17. The first-order valence-electron chi connectivity index (χ1n) is 7.00. The Balaban J connectivity index is 1.72. The first-order chi connectivity index (χ1) is 9.96. The number of imidazole rings is 1. The Bertz CT molecular complexity index is 678. The molecular formula is C15H19N3O3. The van der Waals surface area contributed by atoms with Gasteiger partial charge in [-0.2, -0.15) is 0 Å². The van der Waals surface area contributed by atoms with Crippen molar-refractivity contribution < 1.29 is 14.3 Å². The van der Waals surface area contributed by atoms with Gasteiger partial charge in [-0.15, -0.1) is 0 Å². The normalized spacial score (nSPS) is 20.8. The van der Waals surface area contributed by atoms with Crippen LogP contribution in [0.25, 0.3) is 5.65 Å². The molecular weight excluding hydrogens is 270 g/mol. The lowest BCUT2D eigenvalue weighted by molar-refractivity contribution is -0.137. The Morgan fingerprint density at radius 2 is 2.33 bits per heavy atom. The zero-order valence-electron chi connectivity index (χ0n) is 12.4. The van der Waals surface area contributed by atoms with Gasteiger partial charge in [-0.25, -0.2) is 4.98 Å². The standard InChI is InChI=1S/C15H19N3O3/c1-10-13(18-7-5-4-6-12(18)17-10)14(19)16-8-11-9-20-15(2,3)21-11/h4-7,11H,8-9H2,1-3H3,(H,16,19). The number of rotatable bonds is 3. The molecule has 1 N–H and O–H groups in total. The first-order valence-corrected chi connectivity index (χ1v) is 7.00. The van der Waals surface area contributed by atoms with Gasteiger partial charge < -0.3 is 14.8 Å². The van der Waals surface area contributed by atoms with Crippen LogP contribution in [0.2, 0.25) is 0 Å². The molecule has 21 heavy (non-hydrogen) atoms. The highest BCUT2D eigenvalue weighted by Gasteiger charge is 2.32. The highest BCUT2D eigenvalue weighted by Crippen LogP contribution is 2.21. The highest BCUT2D eigenvalue weighted by molar-refractivity contribution is 5.94. The van der Waals surface area contributed by atoms with E-state index in [1.165, 1.54) is 0 Å². The van der Waals surface area contributed by atoms with Crippen molar-refractivity contribution in [3.05, 3.63) is 35.8 Å². The van der Waals surface area contributed by atoms with Gasteiger partial charge in [-0.3, -0.25) is 9.20 Å². The molecule has 1 amide bonds. The minimum absolute atomic E-state index is 0.122. The zero-order valence-corrected chi connectivity index (χ0v) is 12.4. The number of fused-ring (bicyclic) bond motifs is 1. The van der Waals surface area contributed by atoms with E-state index in [0.29, 0.717) is 24.5 Å². The molecule has 0 radical (unpaired) electrons. The van der Waals surface area contributed by atoms with E-state index in [-0.39, 0.29) is 12.0 Å². The van der Waals surface area contributed by atoms with Crippen LogP contribution in [0, 0.1) is 6.92 Å². The van der Waals surface area contributed by atoms with E-state index in [2.05, 4.69) is 10.3 Å². The molecule has 0 spiro atoms. The molecule has 0 bridgehead atoms. The molecule has 1 aliphatic heterocycles. The summed E-state index contributed by atoms with van der Waals surface area (Å²) in [6, 6.07) is 5.65. The smallest absolute Gasteiger partial charge is 0.270 e. The summed E-state index contributed by atoms with van der Waals surface area (Å²) in [5.41, 5.74) is 2.04. The van der Waals surface area contributed by atoms with Gasteiger partial charge in [0.05, 0.1) is 12.3 Å². The van der Waals surface area contributed by atoms with Crippen molar-refractivity contribution in [3.63, 3.8) is 0 Å². The molecule has 1 saturated heterocycles. The van der Waals surface area contributed by atoms with Crippen LogP contribution < -0.4 is 5.32 Å². The maximum Gasteiger partial charge on any atom is 0.270 e. The van der Waals surface area contributed by atoms with Crippen molar-refractivity contribution in [3.8, 4) is 0 Å². The molecule has 6 nitrogen and oxygen atoms in total. The second-order valence-electron chi connectivity index (χ2n) is 5.64. The molecule has 2 aromatic heterocycles. The number of hydrogen-bond donors (Lipinski definition) is 1. The number of amides is 1. The third-order valence-electron chi connectivity index (χ3n) is 3.48. The van der Waals surface area contributed by atoms with Crippen LogP contribution in [-0.4, -0.2) is 40.3 Å². The molecule has 3 heterocycles. The Morgan fingerprint density at radius 3 is 3.05 bits per heavy atom. The Morgan fingerprint density at radius 1 is 1.52 bits per heavy atom. The quantitative estimate of drug-likeness (QED) is 0.930. The zero-order chi connectivity index (χ0) is 15.0. The van der Waals surface area contributed by atoms with E-state index in [4.69, 9.17) is 9.47 Å². The van der Waals surface area contributed by atoms with Gasteiger partial charge in [-0.05, 0) is 32.9 Å². The van der Waals surface area contributed by atoms with E-state index in [1.807, 2.05) is 45.2 Å². The number of aromatic nitrogens is 2. The van der Waals surface area contributed by atoms with Crippen LogP contribution in [0.5, 0.6) is 0 Å². The fourth-order valence-electron chi connectivity index (χ4n) is 2.54. The molecule has 6 heteroatoms. The van der Waals surface area contributed by atoms with Crippen LogP contribution in [0.4, 0.5) is 0 Å². The van der Waals surface area contributed by atoms with Crippen LogP contribution >= 0.6 is 0 Å². The average molecular weight is 289 g/mol. The summed E-state index contributed by atoms with van der Waals surface area (Å²) in [6.07, 6.45) is 1.71. The topological polar surface area (TPSA) is 64.9 Å². The van der Waals surface area contributed by atoms with Crippen LogP contribution in [0.15, 0.2) is 24.4 Å². The SMILES string of the molecule is Cc1nc2ccccn2c1C(=O)NCC1COC(C)(C)O1. The molecule has 112 valence electrons. The number of hydrogen-bond acceptors (Lipinski definition) is 4.